The molecule has 3 aromatic rings. The maximum atomic E-state index is 12.6. The highest BCUT2D eigenvalue weighted by molar-refractivity contribution is 6.05. The Morgan fingerprint density at radius 3 is 2.29 bits per heavy atom. The molecule has 0 aliphatic rings. The Morgan fingerprint density at radius 1 is 1.00 bits per heavy atom. The van der Waals surface area contributed by atoms with E-state index in [0.29, 0.717) is 5.56 Å². The number of carbonyl (C=O) groups is 1. The number of nitrogens with zero attached hydrogens (tertiary/aromatic N) is 1. The molecule has 4 heteroatoms. The summed E-state index contributed by atoms with van der Waals surface area (Å²) in [5.74, 6) is 0.706. The Labute approximate surface area is 141 Å². The van der Waals surface area contributed by atoms with Gasteiger partial charge in [-0.25, -0.2) is 0 Å². The van der Waals surface area contributed by atoms with E-state index in [0.717, 1.165) is 28.5 Å². The topological polar surface area (TPSA) is 43.3 Å². The molecule has 4 nitrogen and oxygen atoms in total. The SMILES string of the molecule is COc1ccc(-n2c(C)cc(C(=O)Nc3ccccc3)c2C)cc1. The predicted octanol–water partition coefficient (Wildman–Crippen LogP) is 4.36. The van der Waals surface area contributed by atoms with Crippen molar-refractivity contribution in [3.63, 3.8) is 0 Å². The zero-order chi connectivity index (χ0) is 17.1. The van der Waals surface area contributed by atoms with E-state index in [1.54, 1.807) is 7.11 Å². The largest absolute Gasteiger partial charge is 0.497 e. The summed E-state index contributed by atoms with van der Waals surface area (Å²) in [4.78, 5) is 12.6. The molecule has 24 heavy (non-hydrogen) atoms. The maximum absolute atomic E-state index is 12.6. The molecule has 0 fully saturated rings. The fourth-order valence-electron chi connectivity index (χ4n) is 2.84. The third-order valence-electron chi connectivity index (χ3n) is 4.04. The van der Waals surface area contributed by atoms with Crippen molar-refractivity contribution in [3.8, 4) is 11.4 Å². The number of amides is 1. The number of hydrogen-bond donors (Lipinski definition) is 1. The van der Waals surface area contributed by atoms with Crippen molar-refractivity contribution in [1.82, 2.24) is 4.57 Å². The smallest absolute Gasteiger partial charge is 0.257 e. The van der Waals surface area contributed by atoms with Gasteiger partial charge in [-0.05, 0) is 56.3 Å². The molecule has 0 saturated carbocycles. The molecular formula is C20H20N2O2. The number of anilines is 1. The lowest BCUT2D eigenvalue weighted by Gasteiger charge is -2.11. The normalized spacial score (nSPS) is 10.5. The van der Waals surface area contributed by atoms with Gasteiger partial charge in [-0.1, -0.05) is 18.2 Å². The van der Waals surface area contributed by atoms with Crippen LogP contribution in [0.5, 0.6) is 5.75 Å². The van der Waals surface area contributed by atoms with Crippen LogP contribution < -0.4 is 10.1 Å². The van der Waals surface area contributed by atoms with Crippen molar-refractivity contribution in [3.05, 3.63) is 77.6 Å². The molecule has 3 rings (SSSR count). The van der Waals surface area contributed by atoms with Crippen LogP contribution in [0.25, 0.3) is 5.69 Å². The number of nitrogens with one attached hydrogen (secondary N) is 1. The number of para-hydroxylation sites is 1. The van der Waals surface area contributed by atoms with E-state index in [9.17, 15) is 4.79 Å². The Kier molecular flexibility index (Phi) is 4.38. The van der Waals surface area contributed by atoms with E-state index < -0.39 is 0 Å². The Balaban J connectivity index is 1.92. The van der Waals surface area contributed by atoms with Crippen LogP contribution in [0, 0.1) is 13.8 Å². The van der Waals surface area contributed by atoms with Crippen molar-refractivity contribution in [2.75, 3.05) is 12.4 Å². The standard InChI is InChI=1S/C20H20N2O2/c1-14-13-19(20(23)21-16-7-5-4-6-8-16)15(2)22(14)17-9-11-18(24-3)12-10-17/h4-13H,1-3H3,(H,21,23). The minimum absolute atomic E-state index is 0.103. The zero-order valence-electron chi connectivity index (χ0n) is 14.0. The number of rotatable bonds is 4. The van der Waals surface area contributed by atoms with Gasteiger partial charge in [0.2, 0.25) is 0 Å². The molecular weight excluding hydrogens is 300 g/mol. The zero-order valence-corrected chi connectivity index (χ0v) is 14.0. The summed E-state index contributed by atoms with van der Waals surface area (Å²) < 4.78 is 7.27. The van der Waals surface area contributed by atoms with E-state index >= 15 is 0 Å². The molecule has 0 unspecified atom stereocenters. The van der Waals surface area contributed by atoms with Crippen molar-refractivity contribution < 1.29 is 9.53 Å². The van der Waals surface area contributed by atoms with Crippen LogP contribution in [0.3, 0.4) is 0 Å². The van der Waals surface area contributed by atoms with E-state index in [-0.39, 0.29) is 5.91 Å². The minimum atomic E-state index is -0.103. The van der Waals surface area contributed by atoms with Crippen LogP contribution in [0.4, 0.5) is 5.69 Å². The first kappa shape index (κ1) is 15.9. The number of ether oxygens (including phenoxy) is 1. The second-order valence-corrected chi connectivity index (χ2v) is 5.64. The summed E-state index contributed by atoms with van der Waals surface area (Å²) in [6.45, 7) is 3.95. The molecule has 0 spiro atoms. The molecule has 0 saturated heterocycles. The van der Waals surface area contributed by atoms with E-state index in [1.165, 1.54) is 0 Å². The first-order valence-electron chi connectivity index (χ1n) is 7.80. The number of hydrogen-bond acceptors (Lipinski definition) is 2. The first-order chi connectivity index (χ1) is 11.6. The molecule has 0 aliphatic heterocycles. The highest BCUT2D eigenvalue weighted by atomic mass is 16.5. The molecule has 0 radical (unpaired) electrons. The van der Waals surface area contributed by atoms with Gasteiger partial charge in [0.25, 0.3) is 5.91 Å². The van der Waals surface area contributed by atoms with E-state index in [1.807, 2.05) is 74.5 Å². The Morgan fingerprint density at radius 2 is 1.67 bits per heavy atom. The summed E-state index contributed by atoms with van der Waals surface area (Å²) in [5, 5.41) is 2.94. The van der Waals surface area contributed by atoms with Gasteiger partial charge in [0.05, 0.1) is 12.7 Å². The molecule has 1 amide bonds. The molecule has 1 heterocycles. The minimum Gasteiger partial charge on any atom is -0.497 e. The summed E-state index contributed by atoms with van der Waals surface area (Å²) in [5.41, 5.74) is 4.38. The maximum Gasteiger partial charge on any atom is 0.257 e. The van der Waals surface area contributed by atoms with Gasteiger partial charge in [-0.15, -0.1) is 0 Å². The van der Waals surface area contributed by atoms with Crippen LogP contribution >= 0.6 is 0 Å². The second-order valence-electron chi connectivity index (χ2n) is 5.64. The van der Waals surface area contributed by atoms with Gasteiger partial charge in [0.15, 0.2) is 0 Å². The van der Waals surface area contributed by atoms with Crippen LogP contribution in [-0.2, 0) is 0 Å². The Bertz CT molecular complexity index is 849. The van der Waals surface area contributed by atoms with Crippen molar-refractivity contribution >= 4 is 11.6 Å². The van der Waals surface area contributed by atoms with Crippen LogP contribution in [0.2, 0.25) is 0 Å². The summed E-state index contributed by atoms with van der Waals surface area (Å²) in [6.07, 6.45) is 0. The number of aryl methyl sites for hydroxylation is 1. The van der Waals surface area contributed by atoms with Gasteiger partial charge >= 0.3 is 0 Å². The molecule has 1 aromatic heterocycles. The molecule has 1 N–H and O–H groups in total. The van der Waals surface area contributed by atoms with Gasteiger partial charge in [0.1, 0.15) is 5.75 Å². The van der Waals surface area contributed by atoms with Gasteiger partial charge in [-0.3, -0.25) is 4.79 Å². The Hall–Kier alpha value is -3.01. The molecule has 0 bridgehead atoms. The molecule has 0 aliphatic carbocycles. The lowest BCUT2D eigenvalue weighted by molar-refractivity contribution is 0.102. The quantitative estimate of drug-likeness (QED) is 0.776. The highest BCUT2D eigenvalue weighted by Gasteiger charge is 2.16. The number of carbonyl (C=O) groups excluding carboxylic acids is 1. The molecule has 0 atom stereocenters. The summed E-state index contributed by atoms with van der Waals surface area (Å²) >= 11 is 0. The first-order valence-corrected chi connectivity index (χ1v) is 7.80. The highest BCUT2D eigenvalue weighted by Crippen LogP contribution is 2.23. The lowest BCUT2D eigenvalue weighted by Crippen LogP contribution is -2.13. The fourth-order valence-corrected chi connectivity index (χ4v) is 2.84. The van der Waals surface area contributed by atoms with Crippen molar-refractivity contribution in [2.24, 2.45) is 0 Å². The third-order valence-corrected chi connectivity index (χ3v) is 4.04. The summed E-state index contributed by atoms with van der Waals surface area (Å²) in [7, 11) is 1.65. The average Bonchev–Trinajstić information content (AvgIpc) is 2.90. The predicted molar refractivity (Wildman–Crippen MR) is 96.2 cm³/mol. The number of aromatic nitrogens is 1. The van der Waals surface area contributed by atoms with E-state index in [4.69, 9.17) is 4.74 Å². The van der Waals surface area contributed by atoms with Crippen LogP contribution in [0.15, 0.2) is 60.7 Å². The second kappa shape index (κ2) is 6.62. The number of methoxy groups -OCH3 is 1. The van der Waals surface area contributed by atoms with Gasteiger partial charge < -0.3 is 14.6 Å². The van der Waals surface area contributed by atoms with Crippen molar-refractivity contribution in [1.29, 1.82) is 0 Å². The van der Waals surface area contributed by atoms with Crippen LogP contribution in [-0.4, -0.2) is 17.6 Å². The lowest BCUT2D eigenvalue weighted by atomic mass is 10.2. The molecule has 122 valence electrons. The fraction of sp³-hybridized carbons (Fsp3) is 0.150. The number of benzene rings is 2. The molecule has 2 aromatic carbocycles. The third kappa shape index (κ3) is 3.04. The van der Waals surface area contributed by atoms with Crippen LogP contribution in [0.1, 0.15) is 21.7 Å². The summed E-state index contributed by atoms with van der Waals surface area (Å²) in [6, 6.07) is 19.2. The van der Waals surface area contributed by atoms with E-state index in [2.05, 4.69) is 9.88 Å². The average molecular weight is 320 g/mol. The monoisotopic (exact) mass is 320 g/mol. The van der Waals surface area contributed by atoms with Gasteiger partial charge in [-0.2, -0.15) is 0 Å². The van der Waals surface area contributed by atoms with Crippen molar-refractivity contribution in [2.45, 2.75) is 13.8 Å². The van der Waals surface area contributed by atoms with Gasteiger partial charge in [0, 0.05) is 22.8 Å².